The first kappa shape index (κ1) is 24.0. The minimum absolute atomic E-state index is 0.459. The van der Waals surface area contributed by atoms with Gasteiger partial charge in [-0.25, -0.2) is 0 Å². The zero-order valence-corrected chi connectivity index (χ0v) is 18.1. The van der Waals surface area contributed by atoms with Gasteiger partial charge in [-0.3, -0.25) is 0 Å². The van der Waals surface area contributed by atoms with Crippen LogP contribution in [-0.4, -0.2) is 6.54 Å². The van der Waals surface area contributed by atoms with Gasteiger partial charge in [0.15, 0.2) is 0 Å². The van der Waals surface area contributed by atoms with E-state index in [2.05, 4.69) is 41.5 Å². The molecule has 0 saturated carbocycles. The minimum Gasteiger partial charge on any atom is -0.330 e. The Morgan fingerprint density at radius 2 is 1.21 bits per heavy atom. The number of hydrogen-bond donors (Lipinski definition) is 1. The van der Waals surface area contributed by atoms with Crippen molar-refractivity contribution in [2.24, 2.45) is 22.5 Å². The average molecular weight is 340 g/mol. The maximum Gasteiger partial charge on any atom is -0.00463 e. The predicted octanol–water partition coefficient (Wildman–Crippen LogP) is 7.72. The Bertz CT molecular complexity index is 288. The van der Waals surface area contributed by atoms with E-state index in [0.29, 0.717) is 16.7 Å². The molecule has 24 heavy (non-hydrogen) atoms. The topological polar surface area (TPSA) is 26.0 Å². The Morgan fingerprint density at radius 1 is 0.708 bits per heavy atom. The van der Waals surface area contributed by atoms with Crippen molar-refractivity contribution in [3.05, 3.63) is 0 Å². The van der Waals surface area contributed by atoms with Gasteiger partial charge in [0.1, 0.15) is 0 Å². The SMILES string of the molecule is CCCCC[C@@](C)(CCCCCC(C)(CC)CCCC)[C@@H](C)CN. The molecule has 1 nitrogen and oxygen atoms in total. The highest BCUT2D eigenvalue weighted by molar-refractivity contribution is 4.81. The Hall–Kier alpha value is -0.0400. The molecular formula is C23H49N. The molecule has 0 aliphatic rings. The van der Waals surface area contributed by atoms with Crippen LogP contribution in [-0.2, 0) is 0 Å². The quantitative estimate of drug-likeness (QED) is 0.286. The summed E-state index contributed by atoms with van der Waals surface area (Å²) in [6.45, 7) is 15.2. The van der Waals surface area contributed by atoms with E-state index in [0.717, 1.165) is 6.54 Å². The van der Waals surface area contributed by atoms with Crippen molar-refractivity contribution >= 4 is 0 Å². The lowest BCUT2D eigenvalue weighted by Gasteiger charge is -2.36. The Balaban J connectivity index is 4.22. The first-order chi connectivity index (χ1) is 11.4. The van der Waals surface area contributed by atoms with Crippen LogP contribution in [0.4, 0.5) is 0 Å². The van der Waals surface area contributed by atoms with Crippen LogP contribution in [0.5, 0.6) is 0 Å². The maximum absolute atomic E-state index is 6.01. The highest BCUT2D eigenvalue weighted by atomic mass is 14.6. The second kappa shape index (κ2) is 13.2. The third kappa shape index (κ3) is 9.44. The summed E-state index contributed by atoms with van der Waals surface area (Å²) in [6.07, 6.45) is 17.9. The fourth-order valence-corrected chi connectivity index (χ4v) is 4.02. The molecule has 146 valence electrons. The molecule has 0 saturated heterocycles. The molecule has 0 spiro atoms. The molecule has 2 N–H and O–H groups in total. The molecule has 0 radical (unpaired) electrons. The summed E-state index contributed by atoms with van der Waals surface area (Å²) in [4.78, 5) is 0. The van der Waals surface area contributed by atoms with Gasteiger partial charge in [0.2, 0.25) is 0 Å². The molecule has 3 atom stereocenters. The second-order valence-electron chi connectivity index (χ2n) is 9.08. The molecule has 0 amide bonds. The Labute approximate surface area is 154 Å². The van der Waals surface area contributed by atoms with Gasteiger partial charge in [0.25, 0.3) is 0 Å². The molecule has 0 fully saturated rings. The van der Waals surface area contributed by atoms with Crippen LogP contribution in [0.15, 0.2) is 0 Å². The van der Waals surface area contributed by atoms with E-state index in [-0.39, 0.29) is 0 Å². The van der Waals surface area contributed by atoms with Crippen molar-refractivity contribution in [1.29, 1.82) is 0 Å². The van der Waals surface area contributed by atoms with Gasteiger partial charge in [0, 0.05) is 0 Å². The van der Waals surface area contributed by atoms with Crippen LogP contribution in [0.3, 0.4) is 0 Å². The van der Waals surface area contributed by atoms with Crippen LogP contribution < -0.4 is 5.73 Å². The van der Waals surface area contributed by atoms with E-state index in [1.54, 1.807) is 0 Å². The fraction of sp³-hybridized carbons (Fsp3) is 1.00. The zero-order valence-electron chi connectivity index (χ0n) is 18.1. The summed E-state index contributed by atoms with van der Waals surface area (Å²) in [5.41, 5.74) is 7.06. The lowest BCUT2D eigenvalue weighted by molar-refractivity contribution is 0.158. The van der Waals surface area contributed by atoms with Crippen molar-refractivity contribution in [2.75, 3.05) is 6.54 Å². The zero-order chi connectivity index (χ0) is 18.5. The third-order valence-corrected chi connectivity index (χ3v) is 6.91. The average Bonchev–Trinajstić information content (AvgIpc) is 2.59. The van der Waals surface area contributed by atoms with Crippen molar-refractivity contribution < 1.29 is 0 Å². The van der Waals surface area contributed by atoms with Crippen molar-refractivity contribution in [2.45, 2.75) is 125 Å². The maximum atomic E-state index is 6.01. The van der Waals surface area contributed by atoms with Crippen LogP contribution in [0.2, 0.25) is 0 Å². The Morgan fingerprint density at radius 3 is 1.71 bits per heavy atom. The van der Waals surface area contributed by atoms with Crippen molar-refractivity contribution in [1.82, 2.24) is 0 Å². The van der Waals surface area contributed by atoms with Gasteiger partial charge in [-0.15, -0.1) is 0 Å². The fourth-order valence-electron chi connectivity index (χ4n) is 4.02. The van der Waals surface area contributed by atoms with E-state index >= 15 is 0 Å². The number of hydrogen-bond acceptors (Lipinski definition) is 1. The van der Waals surface area contributed by atoms with E-state index in [1.165, 1.54) is 83.5 Å². The molecule has 0 aromatic heterocycles. The number of rotatable bonds is 16. The lowest BCUT2D eigenvalue weighted by Crippen LogP contribution is -2.31. The van der Waals surface area contributed by atoms with Gasteiger partial charge in [0.05, 0.1) is 0 Å². The van der Waals surface area contributed by atoms with Crippen LogP contribution in [0.1, 0.15) is 125 Å². The first-order valence-corrected chi connectivity index (χ1v) is 11.1. The Kier molecular flexibility index (Phi) is 13.2. The molecule has 1 heteroatoms. The number of nitrogens with two attached hydrogens (primary N) is 1. The summed E-state index contributed by atoms with van der Waals surface area (Å²) in [7, 11) is 0. The molecule has 1 unspecified atom stereocenters. The largest absolute Gasteiger partial charge is 0.330 e. The van der Waals surface area contributed by atoms with Gasteiger partial charge in [-0.1, -0.05) is 99.3 Å². The first-order valence-electron chi connectivity index (χ1n) is 11.1. The van der Waals surface area contributed by atoms with E-state index in [9.17, 15) is 0 Å². The molecule has 0 aliphatic heterocycles. The third-order valence-electron chi connectivity index (χ3n) is 6.91. The van der Waals surface area contributed by atoms with Crippen LogP contribution in [0.25, 0.3) is 0 Å². The molecule has 0 aliphatic carbocycles. The van der Waals surface area contributed by atoms with Gasteiger partial charge in [-0.2, -0.15) is 0 Å². The highest BCUT2D eigenvalue weighted by Gasteiger charge is 2.29. The predicted molar refractivity (Wildman–Crippen MR) is 111 cm³/mol. The molecule has 0 heterocycles. The van der Waals surface area contributed by atoms with Crippen molar-refractivity contribution in [3.63, 3.8) is 0 Å². The smallest absolute Gasteiger partial charge is 0.00463 e. The van der Waals surface area contributed by atoms with Crippen LogP contribution >= 0.6 is 0 Å². The number of unbranched alkanes of at least 4 members (excludes halogenated alkanes) is 5. The monoisotopic (exact) mass is 339 g/mol. The minimum atomic E-state index is 0.459. The summed E-state index contributed by atoms with van der Waals surface area (Å²) >= 11 is 0. The summed E-state index contributed by atoms with van der Waals surface area (Å²) in [5.74, 6) is 0.653. The normalized spacial score (nSPS) is 18.1. The molecular weight excluding hydrogens is 290 g/mol. The standard InChI is InChI=1S/C23H49N/c1-7-10-13-18-23(6,21(4)20-24)19-15-12-14-17-22(5,9-3)16-11-8-2/h21H,7-20,24H2,1-6H3/t21-,22?,23-/m0/s1. The molecule has 0 rings (SSSR count). The molecule has 0 aromatic carbocycles. The van der Waals surface area contributed by atoms with Gasteiger partial charge < -0.3 is 5.73 Å². The van der Waals surface area contributed by atoms with E-state index in [4.69, 9.17) is 5.73 Å². The highest BCUT2D eigenvalue weighted by Crippen LogP contribution is 2.39. The van der Waals surface area contributed by atoms with E-state index in [1.807, 2.05) is 0 Å². The van der Waals surface area contributed by atoms with Gasteiger partial charge in [-0.05, 0) is 49.0 Å². The molecule has 0 aromatic rings. The lowest BCUT2D eigenvalue weighted by atomic mass is 9.70. The van der Waals surface area contributed by atoms with Crippen LogP contribution in [0, 0.1) is 16.7 Å². The summed E-state index contributed by atoms with van der Waals surface area (Å²) in [6, 6.07) is 0. The molecule has 0 bridgehead atoms. The van der Waals surface area contributed by atoms with E-state index < -0.39 is 0 Å². The summed E-state index contributed by atoms with van der Waals surface area (Å²) < 4.78 is 0. The summed E-state index contributed by atoms with van der Waals surface area (Å²) in [5, 5.41) is 0. The van der Waals surface area contributed by atoms with Gasteiger partial charge >= 0.3 is 0 Å². The second-order valence-corrected chi connectivity index (χ2v) is 9.08. The van der Waals surface area contributed by atoms with Crippen molar-refractivity contribution in [3.8, 4) is 0 Å².